The number of benzene rings is 1. The number of carbonyl (C=O) groups is 1. The summed E-state index contributed by atoms with van der Waals surface area (Å²) in [4.78, 5) is 26.9. The molecule has 0 spiro atoms. The predicted molar refractivity (Wildman–Crippen MR) is 140 cm³/mol. The summed E-state index contributed by atoms with van der Waals surface area (Å²) >= 11 is 1.27. The predicted octanol–water partition coefficient (Wildman–Crippen LogP) is 4.54. The minimum absolute atomic E-state index is 0.350. The molecule has 1 fully saturated rings. The first-order valence-electron chi connectivity index (χ1n) is 12.0. The Labute approximate surface area is 216 Å². The Morgan fingerprint density at radius 3 is 2.49 bits per heavy atom. The van der Waals surface area contributed by atoms with Gasteiger partial charge in [-0.2, -0.15) is 10.4 Å². The number of rotatable bonds is 6. The third-order valence-electron chi connectivity index (χ3n) is 6.36. The van der Waals surface area contributed by atoms with E-state index >= 15 is 0 Å². The number of nitrogens with zero attached hydrogens (tertiary/aromatic N) is 8. The minimum Gasteiger partial charge on any atom is -0.465 e. The standard InChI is InChI=1S/C25H25FN8O2S/c1-3-33(24-29-21(19(15-27)37-24)16-5-7-17(26)8-6-16)23-22-18(30-34(23)4-2)9-10-20(28-22)31-11-13-32(14-12-31)25(35)36/h5-10H,3-4,11-14H2,1-2H3,(H,35,36). The SMILES string of the molecule is CCN(c1nc(-c2ccc(F)cc2)c(C#N)s1)c1c2nc(N3CCN(C(=O)O)CC3)ccc2nn1CC. The second-order valence-electron chi connectivity index (χ2n) is 8.47. The van der Waals surface area contributed by atoms with Crippen molar-refractivity contribution in [2.24, 2.45) is 0 Å². The zero-order valence-electron chi connectivity index (χ0n) is 20.4. The lowest BCUT2D eigenvalue weighted by atomic mass is 10.1. The summed E-state index contributed by atoms with van der Waals surface area (Å²) < 4.78 is 15.3. The molecule has 3 aromatic heterocycles. The van der Waals surface area contributed by atoms with Gasteiger partial charge in [-0.05, 0) is 50.2 Å². The molecule has 0 unspecified atom stereocenters. The number of thiazole rings is 1. The van der Waals surface area contributed by atoms with Crippen molar-refractivity contribution in [2.75, 3.05) is 42.5 Å². The highest BCUT2D eigenvalue weighted by atomic mass is 32.1. The molecular formula is C25H25FN8O2S. The van der Waals surface area contributed by atoms with E-state index in [1.165, 1.54) is 28.4 Å². The molecule has 5 rings (SSSR count). The maximum atomic E-state index is 13.5. The molecule has 4 heterocycles. The molecule has 37 heavy (non-hydrogen) atoms. The topological polar surface area (TPSA) is 114 Å². The van der Waals surface area contributed by atoms with Gasteiger partial charge in [0.25, 0.3) is 0 Å². The van der Waals surface area contributed by atoms with E-state index in [9.17, 15) is 19.6 Å². The molecule has 0 atom stereocenters. The molecule has 0 aliphatic carbocycles. The second-order valence-corrected chi connectivity index (χ2v) is 9.45. The number of nitriles is 1. The lowest BCUT2D eigenvalue weighted by Gasteiger charge is -2.33. The average Bonchev–Trinajstić information content (AvgIpc) is 3.51. The van der Waals surface area contributed by atoms with Crippen molar-refractivity contribution in [1.29, 1.82) is 5.26 Å². The van der Waals surface area contributed by atoms with Crippen molar-refractivity contribution in [3.8, 4) is 17.3 Å². The van der Waals surface area contributed by atoms with Crippen LogP contribution in [0, 0.1) is 17.1 Å². The van der Waals surface area contributed by atoms with Crippen LogP contribution in [0.15, 0.2) is 36.4 Å². The van der Waals surface area contributed by atoms with Crippen molar-refractivity contribution in [3.05, 3.63) is 47.1 Å². The van der Waals surface area contributed by atoms with Gasteiger partial charge in [0.05, 0.1) is 0 Å². The summed E-state index contributed by atoms with van der Waals surface area (Å²) in [5, 5.41) is 24.4. The first kappa shape index (κ1) is 24.5. The van der Waals surface area contributed by atoms with Crippen molar-refractivity contribution < 1.29 is 14.3 Å². The van der Waals surface area contributed by atoms with Crippen molar-refractivity contribution >= 4 is 45.2 Å². The maximum absolute atomic E-state index is 13.5. The smallest absolute Gasteiger partial charge is 0.407 e. The zero-order valence-corrected chi connectivity index (χ0v) is 21.2. The highest BCUT2D eigenvalue weighted by molar-refractivity contribution is 7.16. The zero-order chi connectivity index (χ0) is 26.1. The third kappa shape index (κ3) is 4.53. The van der Waals surface area contributed by atoms with E-state index in [0.29, 0.717) is 66.1 Å². The molecule has 1 N–H and O–H groups in total. The van der Waals surface area contributed by atoms with E-state index in [2.05, 4.69) is 11.0 Å². The van der Waals surface area contributed by atoms with Gasteiger partial charge in [-0.25, -0.2) is 23.8 Å². The van der Waals surface area contributed by atoms with Gasteiger partial charge in [0.15, 0.2) is 10.9 Å². The van der Waals surface area contributed by atoms with Crippen LogP contribution in [0.3, 0.4) is 0 Å². The first-order chi connectivity index (χ1) is 17.9. The lowest BCUT2D eigenvalue weighted by Crippen LogP contribution is -2.48. The van der Waals surface area contributed by atoms with Crippen molar-refractivity contribution in [1.82, 2.24) is 24.6 Å². The summed E-state index contributed by atoms with van der Waals surface area (Å²) in [5.74, 6) is 1.18. The summed E-state index contributed by atoms with van der Waals surface area (Å²) in [5.41, 5.74) is 2.63. The van der Waals surface area contributed by atoms with Gasteiger partial charge >= 0.3 is 6.09 Å². The summed E-state index contributed by atoms with van der Waals surface area (Å²) in [7, 11) is 0. The number of anilines is 3. The van der Waals surface area contributed by atoms with Crippen molar-refractivity contribution in [3.63, 3.8) is 0 Å². The minimum atomic E-state index is -0.909. The fourth-order valence-corrected chi connectivity index (χ4v) is 5.41. The summed E-state index contributed by atoms with van der Waals surface area (Å²) in [6.07, 6.45) is -0.909. The number of aromatic nitrogens is 4. The number of pyridine rings is 1. The molecule has 190 valence electrons. The van der Waals surface area contributed by atoms with E-state index in [1.807, 2.05) is 35.6 Å². The van der Waals surface area contributed by atoms with Gasteiger partial charge < -0.3 is 19.8 Å². The van der Waals surface area contributed by atoms with E-state index in [0.717, 1.165) is 17.2 Å². The molecule has 1 aromatic carbocycles. The maximum Gasteiger partial charge on any atom is 0.407 e. The monoisotopic (exact) mass is 520 g/mol. The quantitative estimate of drug-likeness (QED) is 0.394. The number of amides is 1. The van der Waals surface area contributed by atoms with E-state index in [1.54, 1.807) is 12.1 Å². The van der Waals surface area contributed by atoms with E-state index < -0.39 is 6.09 Å². The molecule has 1 aliphatic heterocycles. The van der Waals surface area contributed by atoms with Crippen LogP contribution in [0.5, 0.6) is 0 Å². The molecule has 1 amide bonds. The Bertz CT molecular complexity index is 1490. The highest BCUT2D eigenvalue weighted by Crippen LogP contribution is 2.38. The molecule has 10 nitrogen and oxygen atoms in total. The van der Waals surface area contributed by atoms with E-state index in [4.69, 9.17) is 15.1 Å². The van der Waals surface area contributed by atoms with Gasteiger partial charge in [-0.3, -0.25) is 0 Å². The lowest BCUT2D eigenvalue weighted by molar-refractivity contribution is 0.142. The average molecular weight is 521 g/mol. The normalized spacial score (nSPS) is 13.7. The molecule has 1 saturated heterocycles. The largest absolute Gasteiger partial charge is 0.465 e. The van der Waals surface area contributed by atoms with Crippen LogP contribution in [0.25, 0.3) is 22.3 Å². The Kier molecular flexibility index (Phi) is 6.62. The molecule has 12 heteroatoms. The first-order valence-corrected chi connectivity index (χ1v) is 12.8. The molecule has 4 aromatic rings. The fourth-order valence-electron chi connectivity index (χ4n) is 4.46. The van der Waals surface area contributed by atoms with Crippen LogP contribution >= 0.6 is 11.3 Å². The number of fused-ring (bicyclic) bond motifs is 1. The number of piperazine rings is 1. The number of carboxylic acid groups (broad SMARTS) is 1. The van der Waals surface area contributed by atoms with Gasteiger partial charge in [0.2, 0.25) is 0 Å². The molecular weight excluding hydrogens is 495 g/mol. The molecule has 0 saturated carbocycles. The van der Waals surface area contributed by atoms with Crippen LogP contribution in [-0.4, -0.2) is 68.6 Å². The van der Waals surface area contributed by atoms with Crippen LogP contribution in [-0.2, 0) is 6.54 Å². The number of aryl methyl sites for hydroxylation is 1. The van der Waals surface area contributed by atoms with E-state index in [-0.39, 0.29) is 5.82 Å². The summed E-state index contributed by atoms with van der Waals surface area (Å²) in [6.45, 7) is 7.11. The Morgan fingerprint density at radius 2 is 1.86 bits per heavy atom. The summed E-state index contributed by atoms with van der Waals surface area (Å²) in [6, 6.07) is 12.0. The molecule has 0 bridgehead atoms. The second kappa shape index (κ2) is 10.0. The van der Waals surface area contributed by atoms with Gasteiger partial charge in [0, 0.05) is 44.8 Å². The van der Waals surface area contributed by atoms with Crippen LogP contribution in [0.2, 0.25) is 0 Å². The number of hydrogen-bond donors (Lipinski definition) is 1. The number of halogens is 1. The molecule has 1 aliphatic rings. The number of hydrogen-bond acceptors (Lipinski definition) is 8. The Morgan fingerprint density at radius 1 is 1.14 bits per heavy atom. The van der Waals surface area contributed by atoms with Crippen molar-refractivity contribution in [2.45, 2.75) is 20.4 Å². The highest BCUT2D eigenvalue weighted by Gasteiger charge is 2.26. The Hall–Kier alpha value is -4.24. The fraction of sp³-hybridized carbons (Fsp3) is 0.320. The van der Waals surface area contributed by atoms with Gasteiger partial charge in [-0.1, -0.05) is 11.3 Å². The van der Waals surface area contributed by atoms with Gasteiger partial charge in [0.1, 0.15) is 39.3 Å². The van der Waals surface area contributed by atoms with Crippen LogP contribution in [0.4, 0.5) is 26.0 Å². The van der Waals surface area contributed by atoms with Crippen LogP contribution in [0.1, 0.15) is 18.7 Å². The molecule has 0 radical (unpaired) electrons. The van der Waals surface area contributed by atoms with Gasteiger partial charge in [-0.15, -0.1) is 0 Å². The Balaban J connectivity index is 1.55. The van der Waals surface area contributed by atoms with Crippen LogP contribution < -0.4 is 9.80 Å². The third-order valence-corrected chi connectivity index (χ3v) is 7.34.